The number of hydrogen-bond donors (Lipinski definition) is 0. The van der Waals surface area contributed by atoms with Crippen LogP contribution >= 0.6 is 0 Å². The van der Waals surface area contributed by atoms with Crippen LogP contribution in [0.25, 0.3) is 0 Å². The summed E-state index contributed by atoms with van der Waals surface area (Å²) in [7, 11) is 1.73. The predicted octanol–water partition coefficient (Wildman–Crippen LogP) is 0.688. The highest BCUT2D eigenvalue weighted by atomic mass is 16.2. The van der Waals surface area contributed by atoms with Crippen LogP contribution in [0, 0.1) is 17.3 Å². The third-order valence-electron chi connectivity index (χ3n) is 3.70. The highest BCUT2D eigenvalue weighted by Crippen LogP contribution is 2.65. The zero-order valence-electron chi connectivity index (χ0n) is 8.50. The lowest BCUT2D eigenvalue weighted by atomic mass is 9.99. The summed E-state index contributed by atoms with van der Waals surface area (Å²) < 4.78 is 0. The minimum atomic E-state index is -0.160. The van der Waals surface area contributed by atoms with Gasteiger partial charge in [-0.3, -0.25) is 9.59 Å². The summed E-state index contributed by atoms with van der Waals surface area (Å²) in [5, 5.41) is 0. The van der Waals surface area contributed by atoms with Gasteiger partial charge in [-0.15, -0.1) is 0 Å². The molecule has 2 rings (SSSR count). The molecule has 0 aromatic heterocycles. The maximum Gasteiger partial charge on any atom is 0.226 e. The summed E-state index contributed by atoms with van der Waals surface area (Å²) in [6.07, 6.45) is 0. The van der Waals surface area contributed by atoms with E-state index < -0.39 is 0 Å². The molecule has 0 aromatic carbocycles. The van der Waals surface area contributed by atoms with E-state index >= 15 is 0 Å². The van der Waals surface area contributed by atoms with Gasteiger partial charge in [-0.2, -0.15) is 0 Å². The molecule has 3 nitrogen and oxygen atoms in total. The average Bonchev–Trinajstić information content (AvgIpc) is 2.37. The van der Waals surface area contributed by atoms with Crippen molar-refractivity contribution in [1.82, 2.24) is 4.90 Å². The Kier molecular flexibility index (Phi) is 1.44. The van der Waals surface area contributed by atoms with Crippen molar-refractivity contribution in [1.29, 1.82) is 0 Å². The Morgan fingerprint density at radius 3 is 2.31 bits per heavy atom. The number of rotatable bonds is 1. The number of carbonyl (C=O) groups is 2. The molecule has 2 fully saturated rings. The molecular weight excluding hydrogens is 166 g/mol. The van der Waals surface area contributed by atoms with Gasteiger partial charge in [0.15, 0.2) is 5.78 Å². The summed E-state index contributed by atoms with van der Waals surface area (Å²) in [4.78, 5) is 24.6. The second-order valence-electron chi connectivity index (χ2n) is 4.83. The van der Waals surface area contributed by atoms with E-state index in [2.05, 4.69) is 13.8 Å². The highest BCUT2D eigenvalue weighted by Gasteiger charge is 2.71. The second-order valence-corrected chi connectivity index (χ2v) is 4.83. The normalized spacial score (nSPS) is 40.5. The maximum absolute atomic E-state index is 11.7. The Labute approximate surface area is 78.1 Å². The summed E-state index contributed by atoms with van der Waals surface area (Å²) in [6.45, 7) is 5.72. The molecule has 3 heteroatoms. The summed E-state index contributed by atoms with van der Waals surface area (Å²) in [5.74, 6) is 0.637. The van der Waals surface area contributed by atoms with Gasteiger partial charge in [-0.05, 0) is 12.3 Å². The number of piperidine rings is 1. The number of amides is 1. The lowest BCUT2D eigenvalue weighted by Gasteiger charge is -2.24. The number of likely N-dealkylation sites (tertiary alicyclic amines) is 1. The van der Waals surface area contributed by atoms with E-state index in [1.807, 2.05) is 0 Å². The molecule has 1 saturated heterocycles. The van der Waals surface area contributed by atoms with Crippen LogP contribution in [0.2, 0.25) is 0 Å². The average molecular weight is 181 g/mol. The van der Waals surface area contributed by atoms with Gasteiger partial charge in [-0.1, -0.05) is 13.8 Å². The molecule has 1 amide bonds. The lowest BCUT2D eigenvalue weighted by Crippen LogP contribution is -2.40. The molecule has 0 radical (unpaired) electrons. The Morgan fingerprint density at radius 2 is 2.00 bits per heavy atom. The number of carbonyl (C=O) groups excluding carboxylic acids is 2. The number of nitrogens with zero attached hydrogens (tertiary/aromatic N) is 1. The Balaban J connectivity index is 2.31. The van der Waals surface area contributed by atoms with Crippen molar-refractivity contribution in [3.8, 4) is 0 Å². The molecule has 3 atom stereocenters. The minimum absolute atomic E-state index is 0.0555. The smallest absolute Gasteiger partial charge is 0.226 e. The molecule has 3 unspecified atom stereocenters. The molecule has 1 heterocycles. The molecule has 0 bridgehead atoms. The summed E-state index contributed by atoms with van der Waals surface area (Å²) in [6, 6.07) is -0.160. The third-order valence-corrected chi connectivity index (χ3v) is 3.70. The van der Waals surface area contributed by atoms with Gasteiger partial charge in [0.25, 0.3) is 0 Å². The molecule has 13 heavy (non-hydrogen) atoms. The Hall–Kier alpha value is -0.860. The molecule has 1 aliphatic heterocycles. The second kappa shape index (κ2) is 2.14. The first kappa shape index (κ1) is 8.73. The first-order chi connectivity index (χ1) is 5.89. The van der Waals surface area contributed by atoms with Crippen LogP contribution in [0.5, 0.6) is 0 Å². The minimum Gasteiger partial charge on any atom is -0.335 e. The van der Waals surface area contributed by atoms with E-state index in [4.69, 9.17) is 0 Å². The molecule has 0 N–H and O–H groups in total. The molecule has 1 saturated carbocycles. The van der Waals surface area contributed by atoms with Crippen LogP contribution in [0.4, 0.5) is 0 Å². The van der Waals surface area contributed by atoms with E-state index in [0.717, 1.165) is 0 Å². The molecule has 1 aliphatic carbocycles. The van der Waals surface area contributed by atoms with Gasteiger partial charge < -0.3 is 4.90 Å². The zero-order chi connectivity index (χ0) is 9.96. The highest BCUT2D eigenvalue weighted by molar-refractivity contribution is 5.96. The van der Waals surface area contributed by atoms with Crippen molar-refractivity contribution in [2.75, 3.05) is 7.05 Å². The standard InChI is InChI=1S/C10H15NO2/c1-5(12)8-6-7(10(6,2)3)9(13)11(8)4/h6-8H,1-4H3. The van der Waals surface area contributed by atoms with Gasteiger partial charge in [0.2, 0.25) is 5.91 Å². The number of Topliss-reactive ketones (excluding diaryl/α,β-unsaturated/α-hetero) is 1. The number of hydrogen-bond acceptors (Lipinski definition) is 2. The molecule has 0 aromatic rings. The quantitative estimate of drug-likeness (QED) is 0.596. The fourth-order valence-electron chi connectivity index (χ4n) is 2.86. The van der Waals surface area contributed by atoms with E-state index in [9.17, 15) is 9.59 Å². The fraction of sp³-hybridized carbons (Fsp3) is 0.800. The number of ketones is 1. The SMILES string of the molecule is CC(=O)C1C2C(C(=O)N1C)C2(C)C. The van der Waals surface area contributed by atoms with E-state index in [1.54, 1.807) is 18.9 Å². The predicted molar refractivity (Wildman–Crippen MR) is 48.0 cm³/mol. The van der Waals surface area contributed by atoms with Crippen LogP contribution in [0.15, 0.2) is 0 Å². The first-order valence-corrected chi connectivity index (χ1v) is 4.66. The van der Waals surface area contributed by atoms with Gasteiger partial charge in [0.05, 0.1) is 6.04 Å². The largest absolute Gasteiger partial charge is 0.335 e. The number of likely N-dealkylation sites (N-methyl/N-ethyl adjacent to an activating group) is 1. The molecule has 72 valence electrons. The molecule has 2 aliphatic rings. The monoisotopic (exact) mass is 181 g/mol. The van der Waals surface area contributed by atoms with Crippen molar-refractivity contribution in [2.24, 2.45) is 17.3 Å². The Morgan fingerprint density at radius 1 is 1.46 bits per heavy atom. The maximum atomic E-state index is 11.7. The van der Waals surface area contributed by atoms with Crippen molar-refractivity contribution in [3.05, 3.63) is 0 Å². The fourth-order valence-corrected chi connectivity index (χ4v) is 2.86. The molecular formula is C10H15NO2. The molecule has 0 spiro atoms. The van der Waals surface area contributed by atoms with Crippen LogP contribution in [-0.2, 0) is 9.59 Å². The summed E-state index contributed by atoms with van der Waals surface area (Å²) in [5.41, 5.74) is 0.0555. The van der Waals surface area contributed by atoms with Crippen molar-refractivity contribution >= 4 is 11.7 Å². The Bertz CT molecular complexity index is 295. The third kappa shape index (κ3) is 0.847. The van der Waals surface area contributed by atoms with Crippen molar-refractivity contribution < 1.29 is 9.59 Å². The van der Waals surface area contributed by atoms with Crippen molar-refractivity contribution in [3.63, 3.8) is 0 Å². The van der Waals surface area contributed by atoms with Gasteiger partial charge in [0, 0.05) is 18.9 Å². The van der Waals surface area contributed by atoms with Crippen LogP contribution < -0.4 is 0 Å². The van der Waals surface area contributed by atoms with E-state index in [1.165, 1.54) is 0 Å². The number of fused-ring (bicyclic) bond motifs is 1. The van der Waals surface area contributed by atoms with Gasteiger partial charge in [-0.25, -0.2) is 0 Å². The topological polar surface area (TPSA) is 37.4 Å². The van der Waals surface area contributed by atoms with Gasteiger partial charge in [0.1, 0.15) is 0 Å². The lowest BCUT2D eigenvalue weighted by molar-refractivity contribution is -0.136. The van der Waals surface area contributed by atoms with E-state index in [-0.39, 0.29) is 35.0 Å². The summed E-state index contributed by atoms with van der Waals surface area (Å²) >= 11 is 0. The van der Waals surface area contributed by atoms with Crippen LogP contribution in [0.3, 0.4) is 0 Å². The van der Waals surface area contributed by atoms with Crippen LogP contribution in [-0.4, -0.2) is 29.7 Å². The van der Waals surface area contributed by atoms with Gasteiger partial charge >= 0.3 is 0 Å². The zero-order valence-corrected chi connectivity index (χ0v) is 8.50. The van der Waals surface area contributed by atoms with E-state index in [0.29, 0.717) is 0 Å². The first-order valence-electron chi connectivity index (χ1n) is 4.66. The van der Waals surface area contributed by atoms with Crippen LogP contribution in [0.1, 0.15) is 20.8 Å². The van der Waals surface area contributed by atoms with Crippen molar-refractivity contribution in [2.45, 2.75) is 26.8 Å².